The number of methoxy groups -OCH3 is 1. The maximum Gasteiger partial charge on any atom is 0.308 e. The molecule has 1 N–H and O–H groups in total. The molecule has 0 aliphatic rings. The summed E-state index contributed by atoms with van der Waals surface area (Å²) < 4.78 is 4.49. The molecule has 0 saturated carbocycles. The molecule has 0 bridgehead atoms. The minimum absolute atomic E-state index is 0.00562. The summed E-state index contributed by atoms with van der Waals surface area (Å²) in [5.74, 6) is -0.406. The number of ether oxygens (including phenoxy) is 1. The monoisotopic (exact) mass is 226 g/mol. The van der Waals surface area contributed by atoms with Gasteiger partial charge in [0.05, 0.1) is 19.6 Å². The molecule has 0 heterocycles. The van der Waals surface area contributed by atoms with Gasteiger partial charge < -0.3 is 9.84 Å². The normalized spacial score (nSPS) is 12.2. The Bertz CT molecular complexity index is 338. The molecule has 0 fully saturated rings. The van der Waals surface area contributed by atoms with Gasteiger partial charge >= 0.3 is 5.97 Å². The number of aliphatic hydroxyl groups is 1. The second-order valence-corrected chi connectivity index (χ2v) is 3.95. The van der Waals surface area contributed by atoms with Crippen molar-refractivity contribution in [3.63, 3.8) is 0 Å². The molecule has 1 aromatic rings. The van der Waals surface area contributed by atoms with Gasteiger partial charge in [0, 0.05) is 4.90 Å². The van der Waals surface area contributed by atoms with Crippen LogP contribution in [0.4, 0.5) is 0 Å². The molecule has 4 heteroatoms. The topological polar surface area (TPSA) is 46.5 Å². The minimum atomic E-state index is -0.787. The maximum absolute atomic E-state index is 11.0. The zero-order valence-electron chi connectivity index (χ0n) is 8.77. The van der Waals surface area contributed by atoms with Gasteiger partial charge in [0.1, 0.15) is 0 Å². The molecule has 15 heavy (non-hydrogen) atoms. The molecule has 0 amide bonds. The molecule has 0 aromatic heterocycles. The molecule has 0 spiro atoms. The van der Waals surface area contributed by atoms with E-state index in [1.54, 1.807) is 17.8 Å². The summed E-state index contributed by atoms with van der Waals surface area (Å²) in [6.45, 7) is 0. The number of carbonyl (C=O) groups excluding carboxylic acids is 1. The van der Waals surface area contributed by atoms with Gasteiger partial charge in [-0.15, -0.1) is 11.8 Å². The predicted molar refractivity (Wildman–Crippen MR) is 59.8 cm³/mol. The number of esters is 1. The van der Waals surface area contributed by atoms with Crippen LogP contribution in [0.2, 0.25) is 0 Å². The highest BCUT2D eigenvalue weighted by Gasteiger charge is 2.13. The third-order valence-electron chi connectivity index (χ3n) is 2.07. The average Bonchev–Trinajstić information content (AvgIpc) is 2.28. The summed E-state index contributed by atoms with van der Waals surface area (Å²) >= 11 is 1.60. The van der Waals surface area contributed by atoms with Crippen LogP contribution in [0.25, 0.3) is 0 Å². The standard InChI is InChI=1S/C11H14O3S/c1-14-11(13)7-10(12)8-4-3-5-9(6-8)15-2/h3-6,10,12H,7H2,1-2H3/t10-/m1/s1. The molecular formula is C11H14O3S. The van der Waals surface area contributed by atoms with Crippen molar-refractivity contribution in [1.82, 2.24) is 0 Å². The van der Waals surface area contributed by atoms with E-state index in [1.165, 1.54) is 7.11 Å². The fourth-order valence-corrected chi connectivity index (χ4v) is 1.68. The maximum atomic E-state index is 11.0. The first-order valence-corrected chi connectivity index (χ1v) is 5.78. The van der Waals surface area contributed by atoms with E-state index in [2.05, 4.69) is 4.74 Å². The van der Waals surface area contributed by atoms with Gasteiger partial charge in [-0.1, -0.05) is 12.1 Å². The highest BCUT2D eigenvalue weighted by molar-refractivity contribution is 7.98. The minimum Gasteiger partial charge on any atom is -0.469 e. The second kappa shape index (κ2) is 5.78. The summed E-state index contributed by atoms with van der Waals surface area (Å²) in [5, 5.41) is 9.73. The Hall–Kier alpha value is -1.00. The van der Waals surface area contributed by atoms with E-state index in [4.69, 9.17) is 0 Å². The summed E-state index contributed by atoms with van der Waals surface area (Å²) in [4.78, 5) is 12.0. The van der Waals surface area contributed by atoms with Crippen LogP contribution < -0.4 is 0 Å². The smallest absolute Gasteiger partial charge is 0.308 e. The molecule has 1 aromatic carbocycles. The van der Waals surface area contributed by atoms with Gasteiger partial charge in [0.15, 0.2) is 0 Å². The van der Waals surface area contributed by atoms with Crippen LogP contribution in [-0.2, 0) is 9.53 Å². The SMILES string of the molecule is COC(=O)C[C@@H](O)c1cccc(SC)c1. The van der Waals surface area contributed by atoms with Crippen molar-refractivity contribution in [2.24, 2.45) is 0 Å². The summed E-state index contributed by atoms with van der Waals surface area (Å²) in [6, 6.07) is 7.49. The van der Waals surface area contributed by atoms with E-state index in [-0.39, 0.29) is 6.42 Å². The average molecular weight is 226 g/mol. The highest BCUT2D eigenvalue weighted by Crippen LogP contribution is 2.22. The van der Waals surface area contributed by atoms with Crippen LogP contribution in [0.1, 0.15) is 18.1 Å². The Kier molecular flexibility index (Phi) is 4.65. The third-order valence-corrected chi connectivity index (χ3v) is 2.79. The van der Waals surface area contributed by atoms with Crippen LogP contribution in [0.5, 0.6) is 0 Å². The predicted octanol–water partition coefficient (Wildman–Crippen LogP) is 2.00. The van der Waals surface area contributed by atoms with Crippen LogP contribution in [0.15, 0.2) is 29.2 Å². The van der Waals surface area contributed by atoms with Crippen LogP contribution in [-0.4, -0.2) is 24.4 Å². The third kappa shape index (κ3) is 3.57. The summed E-state index contributed by atoms with van der Waals surface area (Å²) in [7, 11) is 1.31. The Labute approximate surface area is 93.4 Å². The van der Waals surface area contributed by atoms with Crippen molar-refractivity contribution in [3.8, 4) is 0 Å². The molecule has 1 rings (SSSR count). The lowest BCUT2D eigenvalue weighted by Gasteiger charge is -2.10. The molecule has 0 unspecified atom stereocenters. The molecule has 0 aliphatic heterocycles. The van der Waals surface area contributed by atoms with E-state index >= 15 is 0 Å². The number of hydrogen-bond donors (Lipinski definition) is 1. The first kappa shape index (κ1) is 12.1. The van der Waals surface area contributed by atoms with E-state index in [9.17, 15) is 9.90 Å². The number of rotatable bonds is 4. The fourth-order valence-electron chi connectivity index (χ4n) is 1.21. The number of thioether (sulfide) groups is 1. The molecule has 82 valence electrons. The van der Waals surface area contributed by atoms with Crippen molar-refractivity contribution in [3.05, 3.63) is 29.8 Å². The van der Waals surface area contributed by atoms with Crippen LogP contribution in [0.3, 0.4) is 0 Å². The zero-order valence-corrected chi connectivity index (χ0v) is 9.58. The second-order valence-electron chi connectivity index (χ2n) is 3.07. The van der Waals surface area contributed by atoms with E-state index in [0.717, 1.165) is 10.5 Å². The lowest BCUT2D eigenvalue weighted by molar-refractivity contribution is -0.142. The van der Waals surface area contributed by atoms with E-state index in [0.29, 0.717) is 0 Å². The van der Waals surface area contributed by atoms with E-state index < -0.39 is 12.1 Å². The van der Waals surface area contributed by atoms with Crippen molar-refractivity contribution < 1.29 is 14.6 Å². The molecule has 0 radical (unpaired) electrons. The van der Waals surface area contributed by atoms with Gasteiger partial charge in [-0.3, -0.25) is 4.79 Å². The van der Waals surface area contributed by atoms with Gasteiger partial charge in [-0.25, -0.2) is 0 Å². The van der Waals surface area contributed by atoms with E-state index in [1.807, 2.05) is 24.5 Å². The molecule has 0 saturated heterocycles. The number of benzene rings is 1. The zero-order chi connectivity index (χ0) is 11.3. The lowest BCUT2D eigenvalue weighted by atomic mass is 10.1. The fraction of sp³-hybridized carbons (Fsp3) is 0.364. The molecule has 1 atom stereocenters. The van der Waals surface area contributed by atoms with Gasteiger partial charge in [-0.05, 0) is 24.0 Å². The van der Waals surface area contributed by atoms with Gasteiger partial charge in [-0.2, -0.15) is 0 Å². The van der Waals surface area contributed by atoms with Crippen molar-refractivity contribution in [2.45, 2.75) is 17.4 Å². The first-order valence-electron chi connectivity index (χ1n) is 4.56. The first-order chi connectivity index (χ1) is 7.17. The Morgan fingerprint density at radius 3 is 2.93 bits per heavy atom. The van der Waals surface area contributed by atoms with Gasteiger partial charge in [0.25, 0.3) is 0 Å². The number of hydrogen-bond acceptors (Lipinski definition) is 4. The Morgan fingerprint density at radius 1 is 1.60 bits per heavy atom. The quantitative estimate of drug-likeness (QED) is 0.630. The Morgan fingerprint density at radius 2 is 2.33 bits per heavy atom. The number of carbonyl (C=O) groups is 1. The molecular weight excluding hydrogens is 212 g/mol. The van der Waals surface area contributed by atoms with Crippen LogP contribution in [0, 0.1) is 0 Å². The van der Waals surface area contributed by atoms with Gasteiger partial charge in [0.2, 0.25) is 0 Å². The van der Waals surface area contributed by atoms with Crippen molar-refractivity contribution in [1.29, 1.82) is 0 Å². The van der Waals surface area contributed by atoms with Crippen molar-refractivity contribution in [2.75, 3.05) is 13.4 Å². The van der Waals surface area contributed by atoms with Crippen LogP contribution >= 0.6 is 11.8 Å². The summed E-state index contributed by atoms with van der Waals surface area (Å²) in [6.07, 6.45) is 1.17. The largest absolute Gasteiger partial charge is 0.469 e. The molecule has 0 aliphatic carbocycles. The Balaban J connectivity index is 2.72. The summed E-state index contributed by atoms with van der Waals surface area (Å²) in [5.41, 5.74) is 0.743. The van der Waals surface area contributed by atoms with Crippen molar-refractivity contribution >= 4 is 17.7 Å². The lowest BCUT2D eigenvalue weighted by Crippen LogP contribution is -2.07. The highest BCUT2D eigenvalue weighted by atomic mass is 32.2. The molecule has 3 nitrogen and oxygen atoms in total. The number of aliphatic hydroxyl groups excluding tert-OH is 1.